The molecular weight excluding hydrogens is 719 g/mol. The normalized spacial score (nSPS) is 23.5. The van der Waals surface area contributed by atoms with Gasteiger partial charge in [-0.05, 0) is 91.7 Å². The van der Waals surface area contributed by atoms with Crippen LogP contribution < -0.4 is 4.74 Å². The summed E-state index contributed by atoms with van der Waals surface area (Å²) >= 11 is 3.49. The lowest BCUT2D eigenvalue weighted by Crippen LogP contribution is -2.68. The Labute approximate surface area is 300 Å². The van der Waals surface area contributed by atoms with Crippen molar-refractivity contribution in [3.63, 3.8) is 0 Å². The van der Waals surface area contributed by atoms with Gasteiger partial charge in [-0.1, -0.05) is 73.1 Å². The molecule has 4 aromatic rings. The molecule has 50 heavy (non-hydrogen) atoms. The summed E-state index contributed by atoms with van der Waals surface area (Å²) in [6.07, 6.45) is 0.458. The summed E-state index contributed by atoms with van der Waals surface area (Å²) in [5, 5.41) is 17.1. The molecule has 262 valence electrons. The average Bonchev–Trinajstić information content (AvgIpc) is 3.47. The second kappa shape index (κ2) is 12.0. The van der Waals surface area contributed by atoms with Gasteiger partial charge in [-0.15, -0.1) is 0 Å². The summed E-state index contributed by atoms with van der Waals surface area (Å²) in [5.41, 5.74) is 0.391. The first-order valence-electron chi connectivity index (χ1n) is 17.0. The number of aliphatic hydroxyl groups excluding tert-OH is 1. The van der Waals surface area contributed by atoms with Crippen LogP contribution in [0.2, 0.25) is 18.1 Å². The predicted molar refractivity (Wildman–Crippen MR) is 195 cm³/mol. The van der Waals surface area contributed by atoms with Crippen LogP contribution in [-0.2, 0) is 22.2 Å². The Morgan fingerprint density at radius 1 is 1.08 bits per heavy atom. The highest BCUT2D eigenvalue weighted by Crippen LogP contribution is 2.59. The maximum Gasteiger partial charge on any atom is 0.265 e. The van der Waals surface area contributed by atoms with E-state index in [0.29, 0.717) is 33.2 Å². The van der Waals surface area contributed by atoms with Crippen LogP contribution in [0.25, 0.3) is 16.5 Å². The number of hydrogen-bond donors (Lipinski definition) is 1. The minimum absolute atomic E-state index is 0.00515. The van der Waals surface area contributed by atoms with Gasteiger partial charge in [0, 0.05) is 32.5 Å². The summed E-state index contributed by atoms with van der Waals surface area (Å²) in [7, 11) is 0.851. The van der Waals surface area contributed by atoms with Gasteiger partial charge in [0.2, 0.25) is 11.6 Å². The third-order valence-corrected chi connectivity index (χ3v) is 16.4. The van der Waals surface area contributed by atoms with E-state index < -0.39 is 49.2 Å². The van der Waals surface area contributed by atoms with E-state index in [1.54, 1.807) is 12.1 Å². The lowest BCUT2D eigenvalue weighted by atomic mass is 9.57. The number of aromatic nitrogens is 1. The number of carbonyl (C=O) groups is 2. The molecule has 1 fully saturated rings. The van der Waals surface area contributed by atoms with Crippen molar-refractivity contribution in [3.05, 3.63) is 98.0 Å². The molecule has 1 N–H and O–H groups in total. The highest BCUT2D eigenvalue weighted by molar-refractivity contribution is 9.10. The zero-order valence-electron chi connectivity index (χ0n) is 29.6. The van der Waals surface area contributed by atoms with Crippen molar-refractivity contribution >= 4 is 52.3 Å². The summed E-state index contributed by atoms with van der Waals surface area (Å²) in [4.78, 5) is 32.7. The molecule has 0 radical (unpaired) electrons. The van der Waals surface area contributed by atoms with Crippen molar-refractivity contribution < 1.29 is 32.8 Å². The molecule has 1 heterocycles. The first-order valence-corrected chi connectivity index (χ1v) is 20.7. The number of carbonyl (C=O) groups excluding carboxylic acids is 2. The van der Waals surface area contributed by atoms with Gasteiger partial charge in [0.1, 0.15) is 23.7 Å². The molecule has 3 aliphatic carbocycles. The Hall–Kier alpha value is -3.64. The van der Waals surface area contributed by atoms with Crippen molar-refractivity contribution in [3.8, 4) is 5.88 Å². The minimum atomic E-state index is -2.88. The van der Waals surface area contributed by atoms with Gasteiger partial charge in [0.05, 0.1) is 6.04 Å². The first kappa shape index (κ1) is 34.8. The van der Waals surface area contributed by atoms with Gasteiger partial charge in [0.15, 0.2) is 19.7 Å². The van der Waals surface area contributed by atoms with E-state index >= 15 is 14.0 Å². The van der Waals surface area contributed by atoms with Gasteiger partial charge in [-0.25, -0.2) is 4.39 Å². The summed E-state index contributed by atoms with van der Waals surface area (Å²) in [5.74, 6) is -2.85. The number of ketones is 2. The van der Waals surface area contributed by atoms with Crippen LogP contribution in [0.15, 0.2) is 63.1 Å². The van der Waals surface area contributed by atoms with Gasteiger partial charge in [-0.3, -0.25) is 14.5 Å². The maximum absolute atomic E-state index is 16.4. The van der Waals surface area contributed by atoms with Crippen molar-refractivity contribution in [2.45, 2.75) is 76.9 Å². The molecule has 3 aliphatic rings. The maximum atomic E-state index is 16.4. The number of aliphatic hydroxyl groups is 1. The quantitative estimate of drug-likeness (QED) is 0.154. The Balaban J connectivity index is 1.46. The van der Waals surface area contributed by atoms with E-state index in [0.717, 1.165) is 10.0 Å². The fraction of sp³-hybridized carbons (Fsp3) is 0.410. The van der Waals surface area contributed by atoms with E-state index in [1.165, 1.54) is 0 Å². The Kier molecular flexibility index (Phi) is 8.33. The fourth-order valence-electron chi connectivity index (χ4n) is 8.01. The Morgan fingerprint density at radius 2 is 1.78 bits per heavy atom. The number of halogens is 2. The zero-order chi connectivity index (χ0) is 36.1. The van der Waals surface area contributed by atoms with Crippen molar-refractivity contribution in [2.75, 3.05) is 14.1 Å². The second-order valence-electron chi connectivity index (χ2n) is 15.7. The van der Waals surface area contributed by atoms with E-state index in [-0.39, 0.29) is 47.3 Å². The molecule has 1 saturated carbocycles. The largest absolute Gasteiger partial charge is 0.507 e. The topological polar surface area (TPSA) is 102 Å². The van der Waals surface area contributed by atoms with Crippen LogP contribution in [-0.4, -0.2) is 54.7 Å². The summed E-state index contributed by atoms with van der Waals surface area (Å²) < 4.78 is 36.4. The highest BCUT2D eigenvalue weighted by Gasteiger charge is 2.69. The first-order chi connectivity index (χ1) is 23.5. The molecular formula is C39H42BrFN2O6Si. The van der Waals surface area contributed by atoms with Crippen LogP contribution in [0.5, 0.6) is 5.88 Å². The molecule has 3 aromatic carbocycles. The lowest BCUT2D eigenvalue weighted by Gasteiger charge is -2.55. The second-order valence-corrected chi connectivity index (χ2v) is 21.3. The minimum Gasteiger partial charge on any atom is -0.507 e. The molecule has 1 aromatic heterocycles. The van der Waals surface area contributed by atoms with Crippen LogP contribution in [0, 0.1) is 24.6 Å². The molecule has 0 saturated heterocycles. The van der Waals surface area contributed by atoms with Crippen molar-refractivity contribution in [1.29, 1.82) is 0 Å². The molecule has 7 rings (SSSR count). The van der Waals surface area contributed by atoms with Crippen molar-refractivity contribution in [1.82, 2.24) is 10.1 Å². The fourth-order valence-corrected chi connectivity index (χ4v) is 9.82. The molecule has 0 unspecified atom stereocenters. The lowest BCUT2D eigenvalue weighted by molar-refractivity contribution is -0.140. The number of nitrogens with zero attached hydrogens (tertiary/aromatic N) is 2. The van der Waals surface area contributed by atoms with Crippen LogP contribution in [0.4, 0.5) is 4.39 Å². The third-order valence-electron chi connectivity index (χ3n) is 11.5. The van der Waals surface area contributed by atoms with Crippen molar-refractivity contribution in [2.24, 2.45) is 11.8 Å². The SMILES string of the molecule is Cc1c2c(c(F)c3ccc(Br)cc13)C[C@H]1C[C@H]3[C@H](N(C)C)c4onc(OCc5ccccc5)c4C(=O)[C@@]3(O[Si](C)(C)C(C)(C)C)C(=O)C1=C2O. The molecule has 0 aliphatic heterocycles. The van der Waals surface area contributed by atoms with Crippen LogP contribution in [0.3, 0.4) is 0 Å². The van der Waals surface area contributed by atoms with Crippen LogP contribution in [0.1, 0.15) is 71.6 Å². The molecule has 8 nitrogen and oxygen atoms in total. The Morgan fingerprint density at radius 3 is 2.44 bits per heavy atom. The molecule has 0 spiro atoms. The smallest absolute Gasteiger partial charge is 0.265 e. The molecule has 0 amide bonds. The van der Waals surface area contributed by atoms with Gasteiger partial charge < -0.3 is 18.8 Å². The number of Topliss-reactive ketones (excluding diaryl/α,β-unsaturated/α-hetero) is 2. The van der Waals surface area contributed by atoms with Gasteiger partial charge in [0.25, 0.3) is 5.88 Å². The number of hydrogen-bond acceptors (Lipinski definition) is 8. The Bertz CT molecular complexity index is 2100. The number of fused-ring (bicyclic) bond motifs is 5. The van der Waals surface area contributed by atoms with E-state index in [2.05, 4.69) is 41.9 Å². The highest BCUT2D eigenvalue weighted by atomic mass is 79.9. The van der Waals surface area contributed by atoms with Gasteiger partial charge >= 0.3 is 0 Å². The molecule has 0 bridgehead atoms. The molecule has 11 heteroatoms. The monoisotopic (exact) mass is 760 g/mol. The van der Waals surface area contributed by atoms with E-state index in [4.69, 9.17) is 13.7 Å². The summed E-state index contributed by atoms with van der Waals surface area (Å²) in [6, 6.07) is 14.2. The number of ether oxygens (including phenoxy) is 1. The third kappa shape index (κ3) is 5.06. The van der Waals surface area contributed by atoms with Gasteiger partial charge in [-0.2, -0.15) is 0 Å². The zero-order valence-corrected chi connectivity index (χ0v) is 32.2. The number of rotatable bonds is 6. The number of aryl methyl sites for hydroxylation is 1. The van der Waals surface area contributed by atoms with Crippen LogP contribution >= 0.6 is 15.9 Å². The van der Waals surface area contributed by atoms with E-state index in [1.807, 2.05) is 75.4 Å². The summed E-state index contributed by atoms with van der Waals surface area (Å²) in [6.45, 7) is 12.2. The standard InChI is InChI=1S/C39H42BrFN2O6Si/c1-20-25-18-23(40)14-15-24(25)31(41)26-16-22-17-27-32(43(5)6)34-30(37(42-48-34)47-19-21-12-10-9-11-13-21)36(46)39(27,49-50(7,8)38(2,3)4)35(45)29(22)33(44)28(20)26/h9-15,18,22,27,32,44H,16-17,19H2,1-8H3/t22-,27-,32-,39-/m0/s1. The van der Waals surface area contributed by atoms with E-state index in [9.17, 15) is 5.11 Å². The predicted octanol–water partition coefficient (Wildman–Crippen LogP) is 8.91. The average molecular weight is 762 g/mol. The molecule has 4 atom stereocenters. The number of benzene rings is 3.